The lowest BCUT2D eigenvalue weighted by Gasteiger charge is -2.15. The molecule has 1 aromatic heterocycles. The Bertz CT molecular complexity index is 786. The highest BCUT2D eigenvalue weighted by Gasteiger charge is 2.20. The van der Waals surface area contributed by atoms with E-state index in [0.29, 0.717) is 16.8 Å². The Morgan fingerprint density at radius 1 is 1.12 bits per heavy atom. The molecule has 6 heteroatoms. The fraction of sp³-hybridized carbons (Fsp3) is 0.278. The molecule has 5 nitrogen and oxygen atoms in total. The van der Waals surface area contributed by atoms with Crippen molar-refractivity contribution in [1.29, 1.82) is 0 Å². The smallest absolute Gasteiger partial charge is 0.257 e. The SMILES string of the molecule is Cc1ccc(NC(=O)c2cncc(C(=O)N3CCCC3)c2)cc1Br. The van der Waals surface area contributed by atoms with E-state index in [4.69, 9.17) is 0 Å². The van der Waals surface area contributed by atoms with Crippen molar-refractivity contribution in [3.05, 3.63) is 57.8 Å². The maximum atomic E-state index is 12.4. The molecule has 24 heavy (non-hydrogen) atoms. The molecule has 1 aromatic carbocycles. The minimum absolute atomic E-state index is 0.0623. The molecule has 2 aromatic rings. The normalized spacial score (nSPS) is 13.8. The van der Waals surface area contributed by atoms with Gasteiger partial charge in [-0.05, 0) is 43.5 Å². The Morgan fingerprint density at radius 2 is 1.83 bits per heavy atom. The van der Waals surface area contributed by atoms with E-state index in [-0.39, 0.29) is 11.8 Å². The van der Waals surface area contributed by atoms with E-state index in [0.717, 1.165) is 36.0 Å². The summed E-state index contributed by atoms with van der Waals surface area (Å²) in [5.74, 6) is -0.345. The van der Waals surface area contributed by atoms with Crippen molar-refractivity contribution >= 4 is 33.4 Å². The number of anilines is 1. The lowest BCUT2D eigenvalue weighted by molar-refractivity contribution is 0.0792. The number of aromatic nitrogens is 1. The predicted molar refractivity (Wildman–Crippen MR) is 96.2 cm³/mol. The summed E-state index contributed by atoms with van der Waals surface area (Å²) in [6.07, 6.45) is 5.04. The van der Waals surface area contributed by atoms with Gasteiger partial charge in [-0.1, -0.05) is 22.0 Å². The van der Waals surface area contributed by atoms with Gasteiger partial charge in [-0.2, -0.15) is 0 Å². The van der Waals surface area contributed by atoms with Crippen molar-refractivity contribution in [2.24, 2.45) is 0 Å². The highest BCUT2D eigenvalue weighted by molar-refractivity contribution is 9.10. The van der Waals surface area contributed by atoms with Crippen LogP contribution in [0.2, 0.25) is 0 Å². The molecule has 0 unspecified atom stereocenters. The molecule has 124 valence electrons. The Morgan fingerprint density at radius 3 is 2.54 bits per heavy atom. The van der Waals surface area contributed by atoms with Crippen LogP contribution in [-0.4, -0.2) is 34.8 Å². The van der Waals surface area contributed by atoms with Gasteiger partial charge in [0.15, 0.2) is 0 Å². The van der Waals surface area contributed by atoms with Gasteiger partial charge in [0.2, 0.25) is 0 Å². The van der Waals surface area contributed by atoms with Crippen LogP contribution in [0.15, 0.2) is 41.1 Å². The number of hydrogen-bond donors (Lipinski definition) is 1. The number of nitrogens with zero attached hydrogens (tertiary/aromatic N) is 2. The van der Waals surface area contributed by atoms with Gasteiger partial charge < -0.3 is 10.2 Å². The van der Waals surface area contributed by atoms with Crippen LogP contribution in [0.3, 0.4) is 0 Å². The largest absolute Gasteiger partial charge is 0.339 e. The van der Waals surface area contributed by atoms with E-state index in [9.17, 15) is 9.59 Å². The summed E-state index contributed by atoms with van der Waals surface area (Å²) in [5.41, 5.74) is 2.60. The average Bonchev–Trinajstić information content (AvgIpc) is 3.12. The minimum atomic E-state index is -0.283. The van der Waals surface area contributed by atoms with Crippen molar-refractivity contribution in [2.45, 2.75) is 19.8 Å². The van der Waals surface area contributed by atoms with E-state index >= 15 is 0 Å². The minimum Gasteiger partial charge on any atom is -0.339 e. The third-order valence-electron chi connectivity index (χ3n) is 4.07. The molecule has 1 aliphatic rings. The number of rotatable bonds is 3. The van der Waals surface area contributed by atoms with Gasteiger partial charge in [-0.25, -0.2) is 0 Å². The predicted octanol–water partition coefficient (Wildman–Crippen LogP) is 3.64. The first kappa shape index (κ1) is 16.6. The Labute approximate surface area is 149 Å². The van der Waals surface area contributed by atoms with Gasteiger partial charge >= 0.3 is 0 Å². The summed E-state index contributed by atoms with van der Waals surface area (Å²) in [6, 6.07) is 7.21. The number of hydrogen-bond acceptors (Lipinski definition) is 3. The van der Waals surface area contributed by atoms with Crippen molar-refractivity contribution < 1.29 is 9.59 Å². The fourth-order valence-electron chi connectivity index (χ4n) is 2.66. The van der Waals surface area contributed by atoms with Crippen molar-refractivity contribution in [1.82, 2.24) is 9.88 Å². The molecule has 0 atom stereocenters. The molecule has 0 aliphatic carbocycles. The summed E-state index contributed by atoms with van der Waals surface area (Å²) in [7, 11) is 0. The number of carbonyl (C=O) groups is 2. The third kappa shape index (κ3) is 3.64. The fourth-order valence-corrected chi connectivity index (χ4v) is 3.04. The summed E-state index contributed by atoms with van der Waals surface area (Å²) in [6.45, 7) is 3.52. The Hall–Kier alpha value is -2.21. The van der Waals surface area contributed by atoms with Gasteiger partial charge in [-0.15, -0.1) is 0 Å². The van der Waals surface area contributed by atoms with Gasteiger partial charge in [0.05, 0.1) is 11.1 Å². The zero-order valence-electron chi connectivity index (χ0n) is 13.4. The van der Waals surface area contributed by atoms with E-state index < -0.39 is 0 Å². The monoisotopic (exact) mass is 387 g/mol. The van der Waals surface area contributed by atoms with Crippen molar-refractivity contribution in [3.63, 3.8) is 0 Å². The summed E-state index contributed by atoms with van der Waals surface area (Å²) in [4.78, 5) is 30.7. The Balaban J connectivity index is 1.76. The number of nitrogens with one attached hydrogen (secondary N) is 1. The second kappa shape index (κ2) is 7.13. The van der Waals surface area contributed by atoms with Crippen LogP contribution in [0, 0.1) is 6.92 Å². The van der Waals surface area contributed by atoms with Crippen LogP contribution in [0.4, 0.5) is 5.69 Å². The molecule has 1 fully saturated rings. The van der Waals surface area contributed by atoms with Gasteiger partial charge in [0, 0.05) is 35.6 Å². The standard InChI is InChI=1S/C18H18BrN3O2/c1-12-4-5-15(9-16(12)19)21-17(23)13-8-14(11-20-10-13)18(24)22-6-2-3-7-22/h4-5,8-11H,2-3,6-7H2,1H3,(H,21,23). The number of aryl methyl sites for hydroxylation is 1. The molecule has 1 saturated heterocycles. The zero-order valence-corrected chi connectivity index (χ0v) is 15.0. The molecule has 1 N–H and O–H groups in total. The van der Waals surface area contributed by atoms with Crippen LogP contribution in [0.5, 0.6) is 0 Å². The van der Waals surface area contributed by atoms with Gasteiger partial charge in [-0.3, -0.25) is 14.6 Å². The number of amides is 2. The molecule has 2 amide bonds. The second-order valence-corrected chi connectivity index (χ2v) is 6.73. The van der Waals surface area contributed by atoms with Crippen molar-refractivity contribution in [2.75, 3.05) is 18.4 Å². The van der Waals surface area contributed by atoms with Crippen LogP contribution < -0.4 is 5.32 Å². The van der Waals surface area contributed by atoms with E-state index in [2.05, 4.69) is 26.2 Å². The lowest BCUT2D eigenvalue weighted by Crippen LogP contribution is -2.28. The molecular weight excluding hydrogens is 370 g/mol. The number of likely N-dealkylation sites (tertiary alicyclic amines) is 1. The molecule has 3 rings (SSSR count). The number of halogens is 1. The molecule has 0 saturated carbocycles. The second-order valence-electron chi connectivity index (χ2n) is 5.88. The van der Waals surface area contributed by atoms with Gasteiger partial charge in [0.1, 0.15) is 0 Å². The third-order valence-corrected chi connectivity index (χ3v) is 4.92. The zero-order chi connectivity index (χ0) is 17.1. The molecular formula is C18H18BrN3O2. The maximum absolute atomic E-state index is 12.4. The molecule has 0 bridgehead atoms. The number of benzene rings is 1. The number of pyridine rings is 1. The van der Waals surface area contributed by atoms with Crippen LogP contribution in [-0.2, 0) is 0 Å². The quantitative estimate of drug-likeness (QED) is 0.874. The molecule has 1 aliphatic heterocycles. The highest BCUT2D eigenvalue weighted by Crippen LogP contribution is 2.21. The topological polar surface area (TPSA) is 62.3 Å². The van der Waals surface area contributed by atoms with E-state index in [1.165, 1.54) is 12.4 Å². The molecule has 0 spiro atoms. The van der Waals surface area contributed by atoms with Crippen LogP contribution >= 0.6 is 15.9 Å². The average molecular weight is 388 g/mol. The lowest BCUT2D eigenvalue weighted by atomic mass is 10.1. The molecule has 2 heterocycles. The molecule has 0 radical (unpaired) electrons. The maximum Gasteiger partial charge on any atom is 0.257 e. The number of carbonyl (C=O) groups excluding carboxylic acids is 2. The highest BCUT2D eigenvalue weighted by atomic mass is 79.9. The van der Waals surface area contributed by atoms with Gasteiger partial charge in [0.25, 0.3) is 11.8 Å². The summed E-state index contributed by atoms with van der Waals surface area (Å²) >= 11 is 3.45. The summed E-state index contributed by atoms with van der Waals surface area (Å²) < 4.78 is 0.927. The Kier molecular flexibility index (Phi) is 4.94. The van der Waals surface area contributed by atoms with Crippen molar-refractivity contribution in [3.8, 4) is 0 Å². The van der Waals surface area contributed by atoms with E-state index in [1.807, 2.05) is 25.1 Å². The van der Waals surface area contributed by atoms with Crippen LogP contribution in [0.1, 0.15) is 39.1 Å². The van der Waals surface area contributed by atoms with E-state index in [1.54, 1.807) is 11.0 Å². The first-order valence-electron chi connectivity index (χ1n) is 7.86. The van der Waals surface area contributed by atoms with Crippen LogP contribution in [0.25, 0.3) is 0 Å². The summed E-state index contributed by atoms with van der Waals surface area (Å²) in [5, 5.41) is 2.83. The first-order valence-corrected chi connectivity index (χ1v) is 8.66. The first-order chi connectivity index (χ1) is 11.5.